The summed E-state index contributed by atoms with van der Waals surface area (Å²) in [7, 11) is 1.63. The SMILES string of the molecule is CCC(C)NC(=O)c1nc(C(=O)NCCc2ccccc2OC)n2ccccc12. The highest BCUT2D eigenvalue weighted by molar-refractivity contribution is 6.02. The zero-order valence-corrected chi connectivity index (χ0v) is 16.9. The van der Waals surface area contributed by atoms with Gasteiger partial charge in [-0.25, -0.2) is 4.98 Å². The van der Waals surface area contributed by atoms with Crippen LogP contribution in [0.3, 0.4) is 0 Å². The van der Waals surface area contributed by atoms with Crippen LogP contribution in [-0.4, -0.2) is 40.9 Å². The van der Waals surface area contributed by atoms with Gasteiger partial charge in [0.25, 0.3) is 11.8 Å². The van der Waals surface area contributed by atoms with E-state index in [2.05, 4.69) is 15.6 Å². The first kappa shape index (κ1) is 20.4. The molecule has 2 heterocycles. The summed E-state index contributed by atoms with van der Waals surface area (Å²) in [5.41, 5.74) is 1.86. The van der Waals surface area contributed by atoms with E-state index in [0.717, 1.165) is 17.7 Å². The van der Waals surface area contributed by atoms with Gasteiger partial charge < -0.3 is 15.4 Å². The summed E-state index contributed by atoms with van der Waals surface area (Å²) in [6.45, 7) is 4.35. The predicted molar refractivity (Wildman–Crippen MR) is 111 cm³/mol. The third kappa shape index (κ3) is 4.56. The molecule has 0 saturated heterocycles. The lowest BCUT2D eigenvalue weighted by Crippen LogP contribution is -2.32. The molecule has 1 unspecified atom stereocenters. The lowest BCUT2D eigenvalue weighted by atomic mass is 10.1. The number of fused-ring (bicyclic) bond motifs is 1. The molecule has 2 N–H and O–H groups in total. The molecule has 1 atom stereocenters. The van der Waals surface area contributed by atoms with E-state index < -0.39 is 0 Å². The molecule has 3 rings (SSSR count). The van der Waals surface area contributed by atoms with Gasteiger partial charge >= 0.3 is 0 Å². The molecule has 0 saturated carbocycles. The number of hydrogen-bond donors (Lipinski definition) is 2. The number of pyridine rings is 1. The summed E-state index contributed by atoms with van der Waals surface area (Å²) in [6.07, 6.45) is 3.17. The molecule has 0 spiro atoms. The minimum atomic E-state index is -0.330. The fourth-order valence-electron chi connectivity index (χ4n) is 3.06. The summed E-state index contributed by atoms with van der Waals surface area (Å²) in [4.78, 5) is 29.7. The molecule has 0 radical (unpaired) electrons. The zero-order chi connectivity index (χ0) is 20.8. The van der Waals surface area contributed by atoms with Crippen molar-refractivity contribution in [2.45, 2.75) is 32.7 Å². The zero-order valence-electron chi connectivity index (χ0n) is 16.9. The lowest BCUT2D eigenvalue weighted by Gasteiger charge is -2.09. The van der Waals surface area contributed by atoms with Crippen molar-refractivity contribution < 1.29 is 14.3 Å². The van der Waals surface area contributed by atoms with Crippen LogP contribution in [0, 0.1) is 0 Å². The number of aromatic nitrogens is 2. The molecule has 0 bridgehead atoms. The topological polar surface area (TPSA) is 84.7 Å². The van der Waals surface area contributed by atoms with Gasteiger partial charge in [0.2, 0.25) is 5.82 Å². The average Bonchev–Trinajstić information content (AvgIpc) is 3.14. The summed E-state index contributed by atoms with van der Waals surface area (Å²) in [6, 6.07) is 13.1. The third-order valence-corrected chi connectivity index (χ3v) is 4.83. The van der Waals surface area contributed by atoms with Gasteiger partial charge in [0.15, 0.2) is 5.69 Å². The second-order valence-corrected chi connectivity index (χ2v) is 6.84. The van der Waals surface area contributed by atoms with Crippen LogP contribution >= 0.6 is 0 Å². The Balaban J connectivity index is 1.76. The van der Waals surface area contributed by atoms with Crippen molar-refractivity contribution in [1.29, 1.82) is 0 Å². The highest BCUT2D eigenvalue weighted by atomic mass is 16.5. The summed E-state index contributed by atoms with van der Waals surface area (Å²) >= 11 is 0. The number of amides is 2. The molecule has 0 aliphatic heterocycles. The Labute approximate surface area is 170 Å². The van der Waals surface area contributed by atoms with Crippen LogP contribution in [0.5, 0.6) is 5.75 Å². The third-order valence-electron chi connectivity index (χ3n) is 4.83. The second-order valence-electron chi connectivity index (χ2n) is 6.84. The second kappa shape index (κ2) is 9.23. The molecule has 0 aliphatic carbocycles. The normalized spacial score (nSPS) is 11.8. The Hall–Kier alpha value is -3.35. The number of nitrogens with one attached hydrogen (secondary N) is 2. The molecule has 7 nitrogen and oxygen atoms in total. The molecule has 2 aromatic heterocycles. The van der Waals surface area contributed by atoms with Crippen molar-refractivity contribution in [1.82, 2.24) is 20.0 Å². The quantitative estimate of drug-likeness (QED) is 0.615. The minimum absolute atomic E-state index is 0.0288. The first-order valence-corrected chi connectivity index (χ1v) is 9.73. The first-order valence-electron chi connectivity index (χ1n) is 9.73. The summed E-state index contributed by atoms with van der Waals surface area (Å²) < 4.78 is 6.98. The fraction of sp³-hybridized carbons (Fsp3) is 0.318. The number of nitrogens with zero attached hydrogens (tertiary/aromatic N) is 2. The molecule has 29 heavy (non-hydrogen) atoms. The molecular weight excluding hydrogens is 368 g/mol. The molecule has 1 aromatic carbocycles. The lowest BCUT2D eigenvalue weighted by molar-refractivity contribution is 0.0936. The molecular formula is C22H26N4O3. The van der Waals surface area contributed by atoms with Gasteiger partial charge in [-0.15, -0.1) is 0 Å². The van der Waals surface area contributed by atoms with Crippen LogP contribution in [0.25, 0.3) is 5.52 Å². The number of imidazole rings is 1. The standard InChI is InChI=1S/C22H26N4O3/c1-4-15(2)24-21(27)19-17-10-7-8-14-26(17)20(25-19)22(28)23-13-12-16-9-5-6-11-18(16)29-3/h5-11,14-15H,4,12-13H2,1-3H3,(H,23,28)(H,24,27). The maximum Gasteiger partial charge on any atom is 0.287 e. The van der Waals surface area contributed by atoms with Gasteiger partial charge in [0.05, 0.1) is 12.6 Å². The Morgan fingerprint density at radius 2 is 1.90 bits per heavy atom. The Kier molecular flexibility index (Phi) is 6.49. The van der Waals surface area contributed by atoms with Gasteiger partial charge in [0.1, 0.15) is 5.75 Å². The number of para-hydroxylation sites is 1. The van der Waals surface area contributed by atoms with E-state index >= 15 is 0 Å². The monoisotopic (exact) mass is 394 g/mol. The van der Waals surface area contributed by atoms with E-state index in [9.17, 15) is 9.59 Å². The van der Waals surface area contributed by atoms with Gasteiger partial charge in [-0.2, -0.15) is 0 Å². The molecule has 7 heteroatoms. The van der Waals surface area contributed by atoms with E-state index in [1.807, 2.05) is 44.2 Å². The maximum absolute atomic E-state index is 12.8. The molecule has 2 amide bonds. The van der Waals surface area contributed by atoms with Crippen molar-refractivity contribution in [3.8, 4) is 5.75 Å². The van der Waals surface area contributed by atoms with Crippen molar-refractivity contribution in [3.05, 3.63) is 65.7 Å². The van der Waals surface area contributed by atoms with E-state index in [4.69, 9.17) is 4.74 Å². The number of carbonyl (C=O) groups excluding carboxylic acids is 2. The number of carbonyl (C=O) groups is 2. The van der Waals surface area contributed by atoms with E-state index in [-0.39, 0.29) is 29.4 Å². The maximum atomic E-state index is 12.8. The average molecular weight is 394 g/mol. The Bertz CT molecular complexity index is 1010. The highest BCUT2D eigenvalue weighted by Gasteiger charge is 2.22. The van der Waals surface area contributed by atoms with Gasteiger partial charge in [-0.3, -0.25) is 14.0 Å². The van der Waals surface area contributed by atoms with Crippen molar-refractivity contribution >= 4 is 17.3 Å². The number of ether oxygens (including phenoxy) is 1. The van der Waals surface area contributed by atoms with Crippen molar-refractivity contribution in [2.24, 2.45) is 0 Å². The number of benzene rings is 1. The van der Waals surface area contributed by atoms with Crippen LogP contribution in [0.1, 0.15) is 46.9 Å². The van der Waals surface area contributed by atoms with Crippen LogP contribution in [0.2, 0.25) is 0 Å². The largest absolute Gasteiger partial charge is 0.496 e. The van der Waals surface area contributed by atoms with E-state index in [0.29, 0.717) is 18.5 Å². The fourth-order valence-corrected chi connectivity index (χ4v) is 3.06. The number of rotatable bonds is 8. The van der Waals surface area contributed by atoms with Crippen LogP contribution < -0.4 is 15.4 Å². The van der Waals surface area contributed by atoms with E-state index in [1.54, 1.807) is 29.8 Å². The van der Waals surface area contributed by atoms with Crippen molar-refractivity contribution in [3.63, 3.8) is 0 Å². The van der Waals surface area contributed by atoms with E-state index in [1.165, 1.54) is 0 Å². The first-order chi connectivity index (χ1) is 14.0. The highest BCUT2D eigenvalue weighted by Crippen LogP contribution is 2.17. The number of hydrogen-bond acceptors (Lipinski definition) is 4. The molecule has 152 valence electrons. The Morgan fingerprint density at radius 1 is 1.14 bits per heavy atom. The minimum Gasteiger partial charge on any atom is -0.496 e. The van der Waals surface area contributed by atoms with Gasteiger partial charge in [-0.05, 0) is 43.5 Å². The van der Waals surface area contributed by atoms with Gasteiger partial charge in [-0.1, -0.05) is 31.2 Å². The smallest absolute Gasteiger partial charge is 0.287 e. The summed E-state index contributed by atoms with van der Waals surface area (Å²) in [5.74, 6) is 0.367. The molecule has 0 fully saturated rings. The van der Waals surface area contributed by atoms with Crippen molar-refractivity contribution in [2.75, 3.05) is 13.7 Å². The predicted octanol–water partition coefficient (Wildman–Crippen LogP) is 2.84. The molecule has 3 aromatic rings. The Morgan fingerprint density at radius 3 is 2.66 bits per heavy atom. The van der Waals surface area contributed by atoms with Crippen LogP contribution in [0.15, 0.2) is 48.7 Å². The van der Waals surface area contributed by atoms with Gasteiger partial charge in [0, 0.05) is 18.8 Å². The number of methoxy groups -OCH3 is 1. The molecule has 0 aliphatic rings. The van der Waals surface area contributed by atoms with Crippen LogP contribution in [0.4, 0.5) is 0 Å². The summed E-state index contributed by atoms with van der Waals surface area (Å²) in [5, 5.41) is 5.79. The van der Waals surface area contributed by atoms with Crippen LogP contribution in [-0.2, 0) is 6.42 Å².